The minimum atomic E-state index is -0.433. The van der Waals surface area contributed by atoms with E-state index in [0.29, 0.717) is 11.3 Å². The molecule has 6 heteroatoms. The zero-order chi connectivity index (χ0) is 14.7. The smallest absolute Gasteiger partial charge is 0.255 e. The van der Waals surface area contributed by atoms with E-state index < -0.39 is 11.7 Å². The van der Waals surface area contributed by atoms with E-state index >= 15 is 0 Å². The number of nitrogens with one attached hydrogen (secondary N) is 1. The first-order valence-electron chi connectivity index (χ1n) is 5.98. The molecule has 0 bridgehead atoms. The first-order chi connectivity index (χ1) is 9.51. The summed E-state index contributed by atoms with van der Waals surface area (Å²) in [5, 5.41) is 2.60. The minimum Gasteiger partial charge on any atom is -0.326 e. The van der Waals surface area contributed by atoms with Gasteiger partial charge in [-0.15, -0.1) is 0 Å². The molecule has 0 aliphatic heterocycles. The maximum Gasteiger partial charge on any atom is 0.255 e. The van der Waals surface area contributed by atoms with Gasteiger partial charge in [-0.1, -0.05) is 0 Å². The van der Waals surface area contributed by atoms with Gasteiger partial charge < -0.3 is 15.6 Å². The third kappa shape index (κ3) is 2.92. The first kappa shape index (κ1) is 14.0. The van der Waals surface area contributed by atoms with Crippen LogP contribution in [-0.2, 0) is 13.6 Å². The summed E-state index contributed by atoms with van der Waals surface area (Å²) in [4.78, 5) is 23.4. The van der Waals surface area contributed by atoms with Gasteiger partial charge in [-0.05, 0) is 24.3 Å². The fourth-order valence-electron chi connectivity index (χ4n) is 1.70. The van der Waals surface area contributed by atoms with Crippen molar-refractivity contribution >= 4 is 11.6 Å². The van der Waals surface area contributed by atoms with Crippen LogP contribution < -0.4 is 16.6 Å². The number of carbonyl (C=O) groups excluding carboxylic acids is 1. The molecular weight excluding hydrogens is 261 g/mol. The Hall–Kier alpha value is -2.47. The molecule has 0 aliphatic rings. The van der Waals surface area contributed by atoms with Crippen molar-refractivity contribution in [1.29, 1.82) is 0 Å². The van der Waals surface area contributed by atoms with Crippen LogP contribution in [0.1, 0.15) is 15.9 Å². The van der Waals surface area contributed by atoms with Crippen LogP contribution in [0.4, 0.5) is 10.1 Å². The Labute approximate surface area is 114 Å². The van der Waals surface area contributed by atoms with Crippen LogP contribution in [0.5, 0.6) is 0 Å². The topological polar surface area (TPSA) is 77.1 Å². The van der Waals surface area contributed by atoms with Gasteiger partial charge >= 0.3 is 0 Å². The maximum absolute atomic E-state index is 13.3. The molecule has 0 radical (unpaired) electrons. The van der Waals surface area contributed by atoms with Gasteiger partial charge in [-0.2, -0.15) is 0 Å². The van der Waals surface area contributed by atoms with Crippen molar-refractivity contribution < 1.29 is 9.18 Å². The molecule has 0 atom stereocenters. The lowest BCUT2D eigenvalue weighted by atomic mass is 10.1. The predicted octanol–water partition coefficient (Wildman–Crippen LogP) is 1.24. The SMILES string of the molecule is Cn1ccc(C(=O)Nc2ccc(F)c(CN)c2)cc1=O. The van der Waals surface area contributed by atoms with Gasteiger partial charge in [0.15, 0.2) is 0 Å². The number of hydrogen-bond donors (Lipinski definition) is 2. The van der Waals surface area contributed by atoms with Gasteiger partial charge in [0.25, 0.3) is 11.5 Å². The molecule has 1 aromatic heterocycles. The molecule has 3 N–H and O–H groups in total. The molecular formula is C14H14FN3O2. The molecule has 2 rings (SSSR count). The Morgan fingerprint density at radius 1 is 1.35 bits per heavy atom. The normalized spacial score (nSPS) is 10.3. The van der Waals surface area contributed by atoms with Crippen LogP contribution in [0.15, 0.2) is 41.3 Å². The van der Waals surface area contributed by atoms with Crippen molar-refractivity contribution in [2.24, 2.45) is 12.8 Å². The van der Waals surface area contributed by atoms with Crippen molar-refractivity contribution in [2.45, 2.75) is 6.54 Å². The van der Waals surface area contributed by atoms with E-state index in [4.69, 9.17) is 5.73 Å². The minimum absolute atomic E-state index is 0.0431. The third-order valence-corrected chi connectivity index (χ3v) is 2.89. The van der Waals surface area contributed by atoms with E-state index in [1.165, 1.54) is 41.1 Å². The van der Waals surface area contributed by atoms with Crippen LogP contribution in [0.3, 0.4) is 0 Å². The lowest BCUT2D eigenvalue weighted by Gasteiger charge is -2.08. The summed E-state index contributed by atoms with van der Waals surface area (Å²) >= 11 is 0. The number of hydrogen-bond acceptors (Lipinski definition) is 3. The Balaban J connectivity index is 2.23. The molecule has 0 saturated heterocycles. The third-order valence-electron chi connectivity index (χ3n) is 2.89. The van der Waals surface area contributed by atoms with Crippen LogP contribution in [0.25, 0.3) is 0 Å². The van der Waals surface area contributed by atoms with Gasteiger partial charge in [0.1, 0.15) is 5.82 Å². The highest BCUT2D eigenvalue weighted by Crippen LogP contribution is 2.15. The lowest BCUT2D eigenvalue weighted by molar-refractivity contribution is 0.102. The molecule has 104 valence electrons. The van der Waals surface area contributed by atoms with Crippen molar-refractivity contribution in [3.8, 4) is 0 Å². The average Bonchev–Trinajstić information content (AvgIpc) is 2.43. The highest BCUT2D eigenvalue weighted by molar-refractivity contribution is 6.04. The van der Waals surface area contributed by atoms with Crippen LogP contribution >= 0.6 is 0 Å². The number of pyridine rings is 1. The Morgan fingerprint density at radius 2 is 2.10 bits per heavy atom. The van der Waals surface area contributed by atoms with Gasteiger partial charge in [-0.3, -0.25) is 9.59 Å². The molecule has 0 aliphatic carbocycles. The second-order valence-electron chi connectivity index (χ2n) is 4.33. The summed E-state index contributed by atoms with van der Waals surface area (Å²) in [5.74, 6) is -0.851. The first-order valence-corrected chi connectivity index (χ1v) is 5.98. The summed E-state index contributed by atoms with van der Waals surface area (Å²) in [6, 6.07) is 6.91. The van der Waals surface area contributed by atoms with E-state index in [-0.39, 0.29) is 17.7 Å². The molecule has 1 aromatic carbocycles. The van der Waals surface area contributed by atoms with Gasteiger partial charge in [0, 0.05) is 42.7 Å². The van der Waals surface area contributed by atoms with Crippen LogP contribution in [0, 0.1) is 5.82 Å². The average molecular weight is 275 g/mol. The number of rotatable bonds is 3. The Morgan fingerprint density at radius 3 is 2.75 bits per heavy atom. The summed E-state index contributed by atoms with van der Waals surface area (Å²) in [5.41, 5.74) is 6.11. The highest BCUT2D eigenvalue weighted by atomic mass is 19.1. The van der Waals surface area contributed by atoms with Crippen molar-refractivity contribution in [2.75, 3.05) is 5.32 Å². The van der Waals surface area contributed by atoms with E-state index in [9.17, 15) is 14.0 Å². The van der Waals surface area contributed by atoms with Crippen LogP contribution in [-0.4, -0.2) is 10.5 Å². The summed E-state index contributed by atoms with van der Waals surface area (Å²) in [7, 11) is 1.59. The fraction of sp³-hybridized carbons (Fsp3) is 0.143. The Bertz CT molecular complexity index is 710. The number of aryl methyl sites for hydroxylation is 1. The van der Waals surface area contributed by atoms with E-state index in [1.807, 2.05) is 0 Å². The van der Waals surface area contributed by atoms with E-state index in [2.05, 4.69) is 5.32 Å². The summed E-state index contributed by atoms with van der Waals surface area (Å²) < 4.78 is 14.7. The molecule has 0 unspecified atom stereocenters. The van der Waals surface area contributed by atoms with E-state index in [0.717, 1.165) is 0 Å². The number of nitrogens with two attached hydrogens (primary N) is 1. The monoisotopic (exact) mass is 275 g/mol. The number of benzene rings is 1. The number of carbonyl (C=O) groups is 1. The van der Waals surface area contributed by atoms with E-state index in [1.54, 1.807) is 7.05 Å². The zero-order valence-corrected chi connectivity index (χ0v) is 10.9. The molecule has 1 heterocycles. The van der Waals surface area contributed by atoms with Gasteiger partial charge in [-0.25, -0.2) is 4.39 Å². The van der Waals surface area contributed by atoms with Crippen molar-refractivity contribution in [3.63, 3.8) is 0 Å². The van der Waals surface area contributed by atoms with Crippen molar-refractivity contribution in [1.82, 2.24) is 4.57 Å². The van der Waals surface area contributed by atoms with Crippen LogP contribution in [0.2, 0.25) is 0 Å². The zero-order valence-electron chi connectivity index (χ0n) is 10.9. The lowest BCUT2D eigenvalue weighted by Crippen LogP contribution is -2.20. The molecule has 0 fully saturated rings. The number of amides is 1. The van der Waals surface area contributed by atoms with Gasteiger partial charge in [0.2, 0.25) is 0 Å². The summed E-state index contributed by atoms with van der Waals surface area (Å²) in [6.07, 6.45) is 1.51. The standard InChI is InChI=1S/C14H14FN3O2/c1-18-5-4-9(7-13(18)19)14(20)17-11-2-3-12(15)10(6-11)8-16/h2-7H,8,16H2,1H3,(H,17,20). The Kier molecular flexibility index (Phi) is 3.95. The maximum atomic E-state index is 13.3. The largest absolute Gasteiger partial charge is 0.326 e. The van der Waals surface area contributed by atoms with Crippen molar-refractivity contribution in [3.05, 3.63) is 63.8 Å². The molecule has 1 amide bonds. The second kappa shape index (κ2) is 5.66. The molecule has 5 nitrogen and oxygen atoms in total. The summed E-state index contributed by atoms with van der Waals surface area (Å²) in [6.45, 7) is 0.0431. The molecule has 0 saturated carbocycles. The second-order valence-corrected chi connectivity index (χ2v) is 4.33. The molecule has 0 spiro atoms. The number of halogens is 1. The predicted molar refractivity (Wildman–Crippen MR) is 73.9 cm³/mol. The molecule has 2 aromatic rings. The number of nitrogens with zero attached hydrogens (tertiary/aromatic N) is 1. The highest BCUT2D eigenvalue weighted by Gasteiger charge is 2.09. The number of anilines is 1. The number of aromatic nitrogens is 1. The quantitative estimate of drug-likeness (QED) is 0.884. The fourth-order valence-corrected chi connectivity index (χ4v) is 1.70. The molecule has 20 heavy (non-hydrogen) atoms. The van der Waals surface area contributed by atoms with Gasteiger partial charge in [0.05, 0.1) is 0 Å².